The zero-order valence-corrected chi connectivity index (χ0v) is 13.9. The first kappa shape index (κ1) is 14.7. The summed E-state index contributed by atoms with van der Waals surface area (Å²) in [5, 5.41) is 22.9. The summed E-state index contributed by atoms with van der Waals surface area (Å²) < 4.78 is 1.83. The molecule has 3 heterocycles. The van der Waals surface area contributed by atoms with E-state index in [1.807, 2.05) is 58.4 Å². The highest BCUT2D eigenvalue weighted by molar-refractivity contribution is 6.49. The van der Waals surface area contributed by atoms with E-state index in [0.717, 1.165) is 33.1 Å². The van der Waals surface area contributed by atoms with Crippen LogP contribution in [0, 0.1) is 5.21 Å². The molecule has 0 aliphatic carbocycles. The zero-order chi connectivity index (χ0) is 17.5. The van der Waals surface area contributed by atoms with Gasteiger partial charge in [0.25, 0.3) is 5.71 Å². The summed E-state index contributed by atoms with van der Waals surface area (Å²) in [6, 6.07) is 18.0. The number of para-hydroxylation sites is 1. The molecule has 0 amide bonds. The molecule has 2 aromatic carbocycles. The van der Waals surface area contributed by atoms with Gasteiger partial charge in [-0.1, -0.05) is 29.1 Å². The Labute approximate surface area is 150 Å². The van der Waals surface area contributed by atoms with Crippen LogP contribution in [0.3, 0.4) is 0 Å². The molecule has 2 aliphatic heterocycles. The molecule has 0 bridgehead atoms. The summed E-state index contributed by atoms with van der Waals surface area (Å²) in [5.41, 5.74) is 8.16. The largest absolute Gasteiger partial charge is 0.596 e. The number of hydrazine groups is 1. The minimum absolute atomic E-state index is 0.446. The highest BCUT2D eigenvalue weighted by Crippen LogP contribution is 2.28. The molecule has 1 aromatic heterocycles. The average molecular weight is 344 g/mol. The van der Waals surface area contributed by atoms with Crippen molar-refractivity contribution in [3.8, 4) is 5.69 Å². The Morgan fingerprint density at radius 3 is 2.73 bits per heavy atom. The molecule has 0 atom stereocenters. The van der Waals surface area contributed by atoms with Crippen LogP contribution in [0.4, 0.5) is 5.69 Å². The fourth-order valence-electron chi connectivity index (χ4n) is 3.34. The van der Waals surface area contributed by atoms with E-state index in [9.17, 15) is 5.21 Å². The third-order valence-electron chi connectivity index (χ3n) is 4.58. The minimum Gasteiger partial charge on any atom is -0.596 e. The number of rotatable bonds is 3. The second kappa shape index (κ2) is 5.73. The third kappa shape index (κ3) is 2.33. The van der Waals surface area contributed by atoms with Crippen LogP contribution in [0.15, 0.2) is 72.1 Å². The van der Waals surface area contributed by atoms with Crippen molar-refractivity contribution in [1.29, 1.82) is 0 Å². The fourth-order valence-corrected chi connectivity index (χ4v) is 3.34. The predicted octanol–water partition coefficient (Wildman–Crippen LogP) is 2.07. The van der Waals surface area contributed by atoms with Crippen LogP contribution in [0.25, 0.3) is 5.69 Å². The fraction of sp³-hybridized carbons (Fsp3) is 0.105. The van der Waals surface area contributed by atoms with Gasteiger partial charge in [-0.05, 0) is 35.9 Å². The molecule has 3 aromatic rings. The Bertz CT molecular complexity index is 1020. The lowest BCUT2D eigenvalue weighted by Crippen LogP contribution is -2.31. The van der Waals surface area contributed by atoms with Gasteiger partial charge in [-0.2, -0.15) is 15.6 Å². The number of aromatic nitrogens is 2. The number of nitrogens with zero attached hydrogens (tertiary/aromatic N) is 5. The van der Waals surface area contributed by atoms with Gasteiger partial charge in [0, 0.05) is 12.4 Å². The zero-order valence-electron chi connectivity index (χ0n) is 13.9. The van der Waals surface area contributed by atoms with Crippen molar-refractivity contribution in [2.24, 2.45) is 5.10 Å². The number of hydrogen-bond donors (Lipinski definition) is 1. The lowest BCUT2D eigenvalue weighted by atomic mass is 10.0. The molecule has 0 spiro atoms. The quantitative estimate of drug-likeness (QED) is 0.583. The molecular formula is C19H16N6O. The molecule has 1 N–H and O–H groups in total. The van der Waals surface area contributed by atoms with Crippen molar-refractivity contribution >= 4 is 17.1 Å². The molecule has 0 saturated heterocycles. The number of anilines is 1. The van der Waals surface area contributed by atoms with Crippen molar-refractivity contribution in [3.63, 3.8) is 0 Å². The van der Waals surface area contributed by atoms with E-state index >= 15 is 0 Å². The summed E-state index contributed by atoms with van der Waals surface area (Å²) in [5.74, 6) is 0. The second-order valence-corrected chi connectivity index (χ2v) is 6.22. The molecule has 26 heavy (non-hydrogen) atoms. The van der Waals surface area contributed by atoms with Crippen molar-refractivity contribution in [1.82, 2.24) is 15.2 Å². The molecule has 0 fully saturated rings. The first-order valence-corrected chi connectivity index (χ1v) is 8.41. The molecule has 0 saturated carbocycles. The Balaban J connectivity index is 1.47. The average Bonchev–Trinajstić information content (AvgIpc) is 3.33. The van der Waals surface area contributed by atoms with Gasteiger partial charge in [0.15, 0.2) is 5.71 Å². The summed E-state index contributed by atoms with van der Waals surface area (Å²) in [7, 11) is 0. The lowest BCUT2D eigenvalue weighted by molar-refractivity contribution is -0.512. The Hall–Kier alpha value is -3.61. The van der Waals surface area contributed by atoms with E-state index < -0.39 is 0 Å². The van der Waals surface area contributed by atoms with Crippen LogP contribution in [0.5, 0.6) is 0 Å². The molecule has 128 valence electrons. The number of hydrogen-bond acceptors (Lipinski definition) is 5. The lowest BCUT2D eigenvalue weighted by Gasteiger charge is -2.25. The molecule has 0 radical (unpaired) electrons. The highest BCUT2D eigenvalue weighted by Gasteiger charge is 2.35. The van der Waals surface area contributed by atoms with Crippen LogP contribution < -0.4 is 10.4 Å². The Morgan fingerprint density at radius 2 is 1.92 bits per heavy atom. The topological polar surface area (TPSA) is 71.5 Å². The molecule has 0 unspecified atom stereocenters. The summed E-state index contributed by atoms with van der Waals surface area (Å²) in [4.78, 5) is 0.813. The molecule has 7 nitrogen and oxygen atoms in total. The van der Waals surface area contributed by atoms with Crippen molar-refractivity contribution in [2.45, 2.75) is 6.54 Å². The summed E-state index contributed by atoms with van der Waals surface area (Å²) in [6.45, 7) is 1.08. The highest BCUT2D eigenvalue weighted by atomic mass is 16.5. The van der Waals surface area contributed by atoms with Gasteiger partial charge >= 0.3 is 0 Å². The van der Waals surface area contributed by atoms with E-state index in [1.165, 1.54) is 0 Å². The van der Waals surface area contributed by atoms with Crippen molar-refractivity contribution < 1.29 is 4.85 Å². The monoisotopic (exact) mass is 344 g/mol. The van der Waals surface area contributed by atoms with Gasteiger partial charge in [-0.3, -0.25) is 5.01 Å². The number of hydrazone groups is 2. The van der Waals surface area contributed by atoms with Gasteiger partial charge < -0.3 is 5.21 Å². The van der Waals surface area contributed by atoms with E-state index in [1.54, 1.807) is 6.20 Å². The first-order chi connectivity index (χ1) is 12.8. The maximum absolute atomic E-state index is 12.0. The molecule has 5 rings (SSSR count). The standard InChI is InChI=1S/C19H16N6O/c26-25-19-16-4-1-2-5-18(16)24(22-17(19)12-21-25)13-14-6-8-15(9-7-14)23-11-3-10-20-23/h1-11,21H,12-13H2. The van der Waals surface area contributed by atoms with Gasteiger partial charge in [0.05, 0.1) is 23.5 Å². The Morgan fingerprint density at radius 1 is 1.08 bits per heavy atom. The van der Waals surface area contributed by atoms with Crippen LogP contribution in [0.2, 0.25) is 0 Å². The predicted molar refractivity (Wildman–Crippen MR) is 99.4 cm³/mol. The second-order valence-electron chi connectivity index (χ2n) is 6.22. The van der Waals surface area contributed by atoms with Gasteiger partial charge in [-0.15, -0.1) is 0 Å². The van der Waals surface area contributed by atoms with E-state index in [0.29, 0.717) is 18.8 Å². The van der Waals surface area contributed by atoms with E-state index in [4.69, 9.17) is 5.10 Å². The summed E-state index contributed by atoms with van der Waals surface area (Å²) in [6.07, 6.45) is 3.68. The number of fused-ring (bicyclic) bond motifs is 3. The minimum atomic E-state index is 0.446. The maximum atomic E-state index is 12.0. The summed E-state index contributed by atoms with van der Waals surface area (Å²) >= 11 is 0. The van der Waals surface area contributed by atoms with Crippen molar-refractivity contribution in [2.75, 3.05) is 11.6 Å². The molecular weight excluding hydrogens is 328 g/mol. The van der Waals surface area contributed by atoms with Crippen molar-refractivity contribution in [3.05, 3.63) is 83.3 Å². The maximum Gasteiger partial charge on any atom is 0.276 e. The van der Waals surface area contributed by atoms with Gasteiger partial charge in [-0.25, -0.2) is 4.68 Å². The smallest absolute Gasteiger partial charge is 0.276 e. The van der Waals surface area contributed by atoms with Crippen LogP contribution in [-0.4, -0.2) is 32.6 Å². The normalized spacial score (nSPS) is 15.4. The SMILES string of the molecule is [O-][N+]1=C2C(=NN(Cc3ccc(-n4cccn4)cc3)c3ccccc32)CN1. The van der Waals surface area contributed by atoms with Gasteiger partial charge in [0.1, 0.15) is 6.54 Å². The van der Waals surface area contributed by atoms with E-state index in [2.05, 4.69) is 22.7 Å². The molecule has 2 aliphatic rings. The first-order valence-electron chi connectivity index (χ1n) is 8.41. The van der Waals surface area contributed by atoms with Crippen LogP contribution in [-0.2, 0) is 6.54 Å². The number of nitrogens with one attached hydrogen (secondary N) is 1. The number of benzene rings is 2. The Kier molecular flexibility index (Phi) is 3.24. The van der Waals surface area contributed by atoms with Gasteiger partial charge in [0.2, 0.25) is 0 Å². The van der Waals surface area contributed by atoms with Crippen LogP contribution in [0.1, 0.15) is 11.1 Å². The van der Waals surface area contributed by atoms with E-state index in [-0.39, 0.29) is 0 Å². The molecule has 7 heteroatoms. The third-order valence-corrected chi connectivity index (χ3v) is 4.58. The van der Waals surface area contributed by atoms with Crippen LogP contribution >= 0.6 is 0 Å².